The number of likely N-dealkylation sites (N-methyl/N-ethyl adjacent to an activating group) is 1. The molecule has 3 rings (SSSR count). The van der Waals surface area contributed by atoms with Crippen LogP contribution in [0.3, 0.4) is 0 Å². The number of rotatable bonds is 6. The van der Waals surface area contributed by atoms with Crippen LogP contribution in [0.25, 0.3) is 0 Å². The number of benzene rings is 2. The van der Waals surface area contributed by atoms with Gasteiger partial charge in [0, 0.05) is 7.05 Å². The van der Waals surface area contributed by atoms with Crippen LogP contribution < -0.4 is 0 Å². The predicted octanol–water partition coefficient (Wildman–Crippen LogP) is 9.28. The Morgan fingerprint density at radius 2 is 1.08 bits per heavy atom. The normalized spacial score (nSPS) is 16.4. The maximum atomic E-state index is 6.18. The molecule has 0 N–H and O–H groups in total. The topological polar surface area (TPSA) is 37.2 Å². The molecule has 2 aromatic carbocycles. The van der Waals surface area contributed by atoms with Crippen LogP contribution in [0.5, 0.6) is 0 Å². The van der Waals surface area contributed by atoms with E-state index >= 15 is 0 Å². The maximum absolute atomic E-state index is 6.18. The van der Waals surface area contributed by atoms with Crippen LogP contribution in [0, 0.1) is 0 Å². The second-order valence-electron chi connectivity index (χ2n) is 10.4. The minimum atomic E-state index is 0.374. The molecular formula is C29H41Cl2N3NiO. The molecule has 0 radical (unpaired) electrons. The molecule has 0 aromatic heterocycles. The summed E-state index contributed by atoms with van der Waals surface area (Å²) < 4.78 is 6.18. The number of morpholine rings is 1. The third kappa shape index (κ3) is 7.73. The van der Waals surface area contributed by atoms with Gasteiger partial charge in [0.15, 0.2) is 5.84 Å². The summed E-state index contributed by atoms with van der Waals surface area (Å²) in [7, 11) is 11.5. The zero-order chi connectivity index (χ0) is 27.0. The van der Waals surface area contributed by atoms with Gasteiger partial charge in [0.1, 0.15) is 6.61 Å². The van der Waals surface area contributed by atoms with Crippen molar-refractivity contribution in [2.45, 2.75) is 79.1 Å². The summed E-state index contributed by atoms with van der Waals surface area (Å²) in [5.41, 5.74) is 7.10. The summed E-state index contributed by atoms with van der Waals surface area (Å²) >= 11 is 0.569. The molecule has 2 aromatic rings. The first kappa shape index (κ1) is 30.7. The van der Waals surface area contributed by atoms with E-state index in [9.17, 15) is 0 Å². The molecule has 1 fully saturated rings. The number of amidine groups is 1. The number of nitrogens with zero attached hydrogens (tertiary/aromatic N) is 3. The first-order chi connectivity index (χ1) is 17.0. The Morgan fingerprint density at radius 3 is 1.44 bits per heavy atom. The molecule has 7 heteroatoms. The van der Waals surface area contributed by atoms with E-state index in [1.807, 2.05) is 0 Å². The SMILES string of the molecule is CC(C)c1cccc(C(C)C)c1N=C1OCCN(C)C1=Nc1c(C(C)C)cccc1C(C)C.[Cl][Ni][Cl]. The van der Waals surface area contributed by atoms with E-state index in [2.05, 4.69) is 104 Å². The van der Waals surface area contributed by atoms with Crippen LogP contribution >= 0.6 is 20.4 Å². The molecule has 4 nitrogen and oxygen atoms in total. The van der Waals surface area contributed by atoms with Gasteiger partial charge in [-0.25, -0.2) is 9.98 Å². The summed E-state index contributed by atoms with van der Waals surface area (Å²) in [5.74, 6) is 2.94. The summed E-state index contributed by atoms with van der Waals surface area (Å²) in [6.45, 7) is 19.2. The number of ether oxygens (including phenoxy) is 1. The zero-order valence-electron chi connectivity index (χ0n) is 23.0. The Bertz CT molecular complexity index is 1010. The fourth-order valence-corrected chi connectivity index (χ4v) is 4.32. The molecule has 0 spiro atoms. The van der Waals surface area contributed by atoms with E-state index in [0.29, 0.717) is 48.8 Å². The average Bonchev–Trinajstić information content (AvgIpc) is 2.81. The van der Waals surface area contributed by atoms with Gasteiger partial charge in [0.05, 0.1) is 17.9 Å². The standard InChI is InChI=1S/C29H41N3O.2ClH.Ni/c1-18(2)22-12-10-13-23(19(3)4)26(22)30-28-29(33-17-16-32(28)9)31-27-24(20(5)6)14-11-15-25(27)21(7)8;;;/h10-15,18-21H,16-17H2,1-9H3;2*1H;/q;;;+2/p-2. The Hall–Kier alpha value is -1.55. The second-order valence-corrected chi connectivity index (χ2v) is 12.0. The second kappa shape index (κ2) is 14.4. The molecule has 1 heterocycles. The van der Waals surface area contributed by atoms with Crippen LogP contribution in [0.4, 0.5) is 11.4 Å². The number of halogens is 2. The third-order valence-electron chi connectivity index (χ3n) is 6.33. The van der Waals surface area contributed by atoms with Gasteiger partial charge >= 0.3 is 33.0 Å². The molecule has 0 saturated carbocycles. The van der Waals surface area contributed by atoms with Crippen molar-refractivity contribution in [2.75, 3.05) is 20.2 Å². The van der Waals surface area contributed by atoms with Gasteiger partial charge < -0.3 is 9.64 Å². The van der Waals surface area contributed by atoms with Gasteiger partial charge in [-0.1, -0.05) is 91.8 Å². The first-order valence-corrected chi connectivity index (χ1v) is 15.3. The van der Waals surface area contributed by atoms with E-state index < -0.39 is 0 Å². The summed E-state index contributed by atoms with van der Waals surface area (Å²) in [4.78, 5) is 12.6. The number of hydrogen-bond acceptors (Lipinski definition) is 3. The summed E-state index contributed by atoms with van der Waals surface area (Å²) in [5, 5.41) is 0. The zero-order valence-corrected chi connectivity index (χ0v) is 25.5. The van der Waals surface area contributed by atoms with Gasteiger partial charge in [0.25, 0.3) is 5.90 Å². The molecule has 0 bridgehead atoms. The fraction of sp³-hybridized carbons (Fsp3) is 0.517. The molecule has 202 valence electrons. The Balaban J connectivity index is 0.00000145. The van der Waals surface area contributed by atoms with E-state index in [1.54, 1.807) is 0 Å². The van der Waals surface area contributed by atoms with Gasteiger partial charge in [0.2, 0.25) is 0 Å². The Kier molecular flexibility index (Phi) is 12.3. The molecule has 0 atom stereocenters. The van der Waals surface area contributed by atoms with Gasteiger partial charge in [-0.3, -0.25) is 0 Å². The molecule has 1 saturated heterocycles. The molecule has 36 heavy (non-hydrogen) atoms. The molecule has 0 aliphatic carbocycles. The summed E-state index contributed by atoms with van der Waals surface area (Å²) in [6, 6.07) is 13.1. The van der Waals surface area contributed by atoms with Crippen LogP contribution in [-0.2, 0) is 17.4 Å². The third-order valence-corrected chi connectivity index (χ3v) is 6.33. The van der Waals surface area contributed by atoms with Gasteiger partial charge in [-0.05, 0) is 45.9 Å². The summed E-state index contributed by atoms with van der Waals surface area (Å²) in [6.07, 6.45) is 0. The molecule has 1 aliphatic heterocycles. The van der Waals surface area contributed by atoms with Crippen molar-refractivity contribution in [1.82, 2.24) is 4.90 Å². The predicted molar refractivity (Wildman–Crippen MR) is 154 cm³/mol. The molecule has 1 aliphatic rings. The van der Waals surface area contributed by atoms with Crippen molar-refractivity contribution in [3.05, 3.63) is 58.7 Å². The van der Waals surface area contributed by atoms with Gasteiger partial charge in [-0.2, -0.15) is 0 Å². The van der Waals surface area contributed by atoms with Crippen LogP contribution in [0.15, 0.2) is 46.4 Å². The van der Waals surface area contributed by atoms with E-state index in [1.165, 1.54) is 22.3 Å². The number of para-hydroxylation sites is 2. The number of aliphatic imine (C=N–C) groups is 2. The monoisotopic (exact) mass is 575 g/mol. The van der Waals surface area contributed by atoms with Crippen molar-refractivity contribution < 1.29 is 17.4 Å². The Labute approximate surface area is 232 Å². The van der Waals surface area contributed by atoms with E-state index in [-0.39, 0.29) is 0 Å². The van der Waals surface area contributed by atoms with Crippen LogP contribution in [0.1, 0.15) is 101 Å². The molecular weight excluding hydrogens is 536 g/mol. The average molecular weight is 577 g/mol. The van der Waals surface area contributed by atoms with Crippen molar-refractivity contribution in [3.63, 3.8) is 0 Å². The molecule has 0 unspecified atom stereocenters. The molecule has 0 amide bonds. The van der Waals surface area contributed by atoms with Crippen molar-refractivity contribution in [1.29, 1.82) is 0 Å². The van der Waals surface area contributed by atoms with Crippen molar-refractivity contribution in [3.8, 4) is 0 Å². The van der Waals surface area contributed by atoms with Gasteiger partial charge in [-0.15, -0.1) is 0 Å². The van der Waals surface area contributed by atoms with Crippen LogP contribution in [0.2, 0.25) is 0 Å². The van der Waals surface area contributed by atoms with Crippen LogP contribution in [-0.4, -0.2) is 36.8 Å². The first-order valence-electron chi connectivity index (χ1n) is 12.6. The fourth-order valence-electron chi connectivity index (χ4n) is 4.32. The minimum absolute atomic E-state index is 0.374. The van der Waals surface area contributed by atoms with Crippen molar-refractivity contribution >= 4 is 43.5 Å². The van der Waals surface area contributed by atoms with Crippen molar-refractivity contribution in [2.24, 2.45) is 9.98 Å². The van der Waals surface area contributed by atoms with E-state index in [0.717, 1.165) is 23.8 Å². The number of hydrogen-bond donors (Lipinski definition) is 0. The Morgan fingerprint density at radius 1 is 0.722 bits per heavy atom. The quantitative estimate of drug-likeness (QED) is 0.321. The van der Waals surface area contributed by atoms with E-state index in [4.69, 9.17) is 35.1 Å².